The summed E-state index contributed by atoms with van der Waals surface area (Å²) in [4.78, 5) is 11.8. The SMILES string of the molecule is COC(=O)c1ccc(C2C(C#N)=C(N)Oc3c2c(C)nn3-c2cccc(Cl)c2)cc1. The number of hydrogen-bond donors (Lipinski definition) is 1. The Kier molecular flexibility index (Phi) is 4.94. The summed E-state index contributed by atoms with van der Waals surface area (Å²) >= 11 is 6.14. The number of aromatic nitrogens is 2. The van der Waals surface area contributed by atoms with Crippen LogP contribution in [0, 0.1) is 18.3 Å². The summed E-state index contributed by atoms with van der Waals surface area (Å²) in [7, 11) is 1.33. The third kappa shape index (κ3) is 3.17. The fourth-order valence-corrected chi connectivity index (χ4v) is 3.74. The molecule has 0 aliphatic carbocycles. The van der Waals surface area contributed by atoms with Crippen LogP contribution >= 0.6 is 11.6 Å². The Morgan fingerprint density at radius 3 is 2.67 bits per heavy atom. The number of hydrogen-bond acceptors (Lipinski definition) is 6. The number of aryl methyl sites for hydroxylation is 1. The fraction of sp³-hybridized carbons (Fsp3) is 0.136. The molecule has 1 atom stereocenters. The van der Waals surface area contributed by atoms with Crippen LogP contribution in [0.5, 0.6) is 5.88 Å². The van der Waals surface area contributed by atoms with Gasteiger partial charge in [0.15, 0.2) is 0 Å². The highest BCUT2D eigenvalue weighted by atomic mass is 35.5. The van der Waals surface area contributed by atoms with Gasteiger partial charge in [0.25, 0.3) is 0 Å². The molecular weight excluding hydrogens is 404 g/mol. The molecule has 2 aromatic carbocycles. The van der Waals surface area contributed by atoms with E-state index in [1.54, 1.807) is 41.1 Å². The number of ether oxygens (including phenoxy) is 2. The van der Waals surface area contributed by atoms with Crippen LogP contribution in [0.4, 0.5) is 0 Å². The number of esters is 1. The van der Waals surface area contributed by atoms with Gasteiger partial charge in [-0.15, -0.1) is 0 Å². The van der Waals surface area contributed by atoms with Crippen molar-refractivity contribution in [3.05, 3.63) is 87.4 Å². The van der Waals surface area contributed by atoms with Crippen LogP contribution in [0.2, 0.25) is 5.02 Å². The molecule has 0 radical (unpaired) electrons. The lowest BCUT2D eigenvalue weighted by molar-refractivity contribution is 0.0600. The van der Waals surface area contributed by atoms with Gasteiger partial charge in [0.05, 0.1) is 35.5 Å². The number of allylic oxidation sites excluding steroid dienone is 1. The third-order valence-corrected chi connectivity index (χ3v) is 5.19. The van der Waals surface area contributed by atoms with Crippen molar-refractivity contribution in [2.45, 2.75) is 12.8 Å². The largest absolute Gasteiger partial charge is 0.465 e. The third-order valence-electron chi connectivity index (χ3n) is 4.95. The Balaban J connectivity index is 1.88. The van der Waals surface area contributed by atoms with Gasteiger partial charge in [0, 0.05) is 5.02 Å². The van der Waals surface area contributed by atoms with E-state index in [0.29, 0.717) is 27.8 Å². The van der Waals surface area contributed by atoms with Crippen LogP contribution in [0.1, 0.15) is 33.1 Å². The lowest BCUT2D eigenvalue weighted by atomic mass is 9.84. The van der Waals surface area contributed by atoms with Gasteiger partial charge < -0.3 is 15.2 Å². The van der Waals surface area contributed by atoms with E-state index >= 15 is 0 Å². The number of carbonyl (C=O) groups excluding carboxylic acids is 1. The quantitative estimate of drug-likeness (QED) is 0.645. The molecular formula is C22H17ClN4O3. The van der Waals surface area contributed by atoms with Crippen molar-refractivity contribution >= 4 is 17.6 Å². The first-order valence-corrected chi connectivity index (χ1v) is 9.43. The number of methoxy groups -OCH3 is 1. The van der Waals surface area contributed by atoms with Crippen LogP contribution in [0.3, 0.4) is 0 Å². The lowest BCUT2D eigenvalue weighted by Gasteiger charge is -2.25. The molecule has 150 valence electrons. The number of nitrogens with two attached hydrogens (primary N) is 1. The number of nitrogens with zero attached hydrogens (tertiary/aromatic N) is 3. The van der Waals surface area contributed by atoms with Gasteiger partial charge in [-0.25, -0.2) is 9.48 Å². The van der Waals surface area contributed by atoms with Gasteiger partial charge in [-0.2, -0.15) is 10.4 Å². The van der Waals surface area contributed by atoms with Crippen molar-refractivity contribution in [2.24, 2.45) is 5.73 Å². The zero-order chi connectivity index (χ0) is 21.4. The maximum absolute atomic E-state index is 11.8. The van der Waals surface area contributed by atoms with Crippen LogP contribution in [-0.2, 0) is 4.74 Å². The van der Waals surface area contributed by atoms with Gasteiger partial charge in [0.1, 0.15) is 11.6 Å². The number of halogens is 1. The molecule has 4 rings (SSSR count). The van der Waals surface area contributed by atoms with Gasteiger partial charge in [-0.3, -0.25) is 0 Å². The summed E-state index contributed by atoms with van der Waals surface area (Å²) < 4.78 is 12.2. The van der Waals surface area contributed by atoms with Gasteiger partial charge in [0.2, 0.25) is 11.8 Å². The molecule has 1 aromatic heterocycles. The molecule has 2 N–H and O–H groups in total. The number of fused-ring (bicyclic) bond motifs is 1. The first-order valence-electron chi connectivity index (χ1n) is 9.06. The molecule has 0 amide bonds. The van der Waals surface area contributed by atoms with Crippen LogP contribution in [0.25, 0.3) is 5.69 Å². The van der Waals surface area contributed by atoms with Crippen molar-refractivity contribution in [1.29, 1.82) is 5.26 Å². The molecule has 0 fully saturated rings. The molecule has 3 aromatic rings. The highest BCUT2D eigenvalue weighted by Crippen LogP contribution is 2.44. The summed E-state index contributed by atoms with van der Waals surface area (Å²) in [5.74, 6) is -0.489. The first-order chi connectivity index (χ1) is 14.4. The Morgan fingerprint density at radius 2 is 2.03 bits per heavy atom. The minimum absolute atomic E-state index is 0.00947. The smallest absolute Gasteiger partial charge is 0.337 e. The second kappa shape index (κ2) is 7.58. The van der Waals surface area contributed by atoms with Gasteiger partial charge >= 0.3 is 5.97 Å². The summed E-state index contributed by atoms with van der Waals surface area (Å²) in [6.45, 7) is 1.84. The predicted molar refractivity (Wildman–Crippen MR) is 110 cm³/mol. The molecule has 1 unspecified atom stereocenters. The Labute approximate surface area is 177 Å². The van der Waals surface area contributed by atoms with E-state index in [9.17, 15) is 10.1 Å². The minimum Gasteiger partial charge on any atom is -0.465 e. The average Bonchev–Trinajstić information content (AvgIpc) is 3.08. The van der Waals surface area contributed by atoms with E-state index in [1.807, 2.05) is 19.1 Å². The van der Waals surface area contributed by atoms with Crippen molar-refractivity contribution in [2.75, 3.05) is 7.11 Å². The summed E-state index contributed by atoms with van der Waals surface area (Å²) in [5.41, 5.74) is 9.71. The molecule has 7 nitrogen and oxygen atoms in total. The highest BCUT2D eigenvalue weighted by Gasteiger charge is 2.36. The van der Waals surface area contributed by atoms with Crippen molar-refractivity contribution in [3.8, 4) is 17.6 Å². The molecule has 8 heteroatoms. The van der Waals surface area contributed by atoms with Crippen molar-refractivity contribution in [1.82, 2.24) is 9.78 Å². The molecule has 30 heavy (non-hydrogen) atoms. The Hall–Kier alpha value is -3.76. The predicted octanol–water partition coefficient (Wildman–Crippen LogP) is 3.84. The number of nitriles is 1. The zero-order valence-electron chi connectivity index (χ0n) is 16.2. The second-order valence-electron chi connectivity index (χ2n) is 6.73. The van der Waals surface area contributed by atoms with Crippen LogP contribution in [-0.4, -0.2) is 22.9 Å². The number of benzene rings is 2. The normalized spacial score (nSPS) is 15.2. The molecule has 1 aliphatic heterocycles. The van der Waals surface area contributed by atoms with E-state index in [2.05, 4.69) is 11.2 Å². The minimum atomic E-state index is -0.488. The topological polar surface area (TPSA) is 103 Å². The summed E-state index contributed by atoms with van der Waals surface area (Å²) in [5, 5.41) is 14.9. The van der Waals surface area contributed by atoms with E-state index in [4.69, 9.17) is 26.8 Å². The van der Waals surface area contributed by atoms with Gasteiger partial charge in [-0.1, -0.05) is 29.8 Å². The monoisotopic (exact) mass is 420 g/mol. The fourth-order valence-electron chi connectivity index (χ4n) is 3.56. The summed E-state index contributed by atoms with van der Waals surface area (Å²) in [6.07, 6.45) is 0. The van der Waals surface area contributed by atoms with E-state index < -0.39 is 11.9 Å². The van der Waals surface area contributed by atoms with Crippen molar-refractivity contribution < 1.29 is 14.3 Å². The highest BCUT2D eigenvalue weighted by molar-refractivity contribution is 6.30. The number of rotatable bonds is 3. The Morgan fingerprint density at radius 1 is 1.30 bits per heavy atom. The van der Waals surface area contributed by atoms with E-state index in [1.165, 1.54) is 7.11 Å². The summed E-state index contributed by atoms with van der Waals surface area (Å²) in [6, 6.07) is 16.2. The second-order valence-corrected chi connectivity index (χ2v) is 7.17. The molecule has 0 saturated heterocycles. The molecule has 0 bridgehead atoms. The Bertz CT molecular complexity index is 1220. The maximum Gasteiger partial charge on any atom is 0.337 e. The zero-order valence-corrected chi connectivity index (χ0v) is 17.0. The van der Waals surface area contributed by atoms with Crippen LogP contribution in [0.15, 0.2) is 60.0 Å². The number of carbonyl (C=O) groups is 1. The standard InChI is InChI=1S/C22H17ClN4O3/c1-12-18-19(13-6-8-14(9-7-13)22(28)29-2)17(11-24)20(25)30-21(18)27(26-12)16-5-3-4-15(23)10-16/h3-10,19H,25H2,1-2H3. The molecule has 1 aliphatic rings. The van der Waals surface area contributed by atoms with Crippen LogP contribution < -0.4 is 10.5 Å². The van der Waals surface area contributed by atoms with Crippen molar-refractivity contribution in [3.63, 3.8) is 0 Å². The molecule has 0 saturated carbocycles. The van der Waals surface area contributed by atoms with E-state index in [-0.39, 0.29) is 11.5 Å². The average molecular weight is 421 g/mol. The maximum atomic E-state index is 11.8. The lowest BCUT2D eigenvalue weighted by Crippen LogP contribution is -2.22. The first kappa shape index (κ1) is 19.6. The van der Waals surface area contributed by atoms with Gasteiger partial charge in [-0.05, 0) is 42.8 Å². The van der Waals surface area contributed by atoms with E-state index in [0.717, 1.165) is 11.1 Å². The molecule has 2 heterocycles. The molecule has 0 spiro atoms.